The van der Waals surface area contributed by atoms with Crippen LogP contribution in [0.1, 0.15) is 51.6 Å². The molecule has 1 amide bonds. The van der Waals surface area contributed by atoms with Crippen molar-refractivity contribution >= 4 is 27.7 Å². The topological polar surface area (TPSA) is 110 Å². The first-order chi connectivity index (χ1) is 14.8. The second-order valence-electron chi connectivity index (χ2n) is 7.49. The van der Waals surface area contributed by atoms with Gasteiger partial charge in [-0.1, -0.05) is 24.3 Å². The highest BCUT2D eigenvalue weighted by molar-refractivity contribution is 7.89. The van der Waals surface area contributed by atoms with Gasteiger partial charge in [0.1, 0.15) is 0 Å². The van der Waals surface area contributed by atoms with E-state index in [9.17, 15) is 22.8 Å². The minimum absolute atomic E-state index is 0.0698. The lowest BCUT2D eigenvalue weighted by Gasteiger charge is -2.31. The molecule has 2 aliphatic rings. The Morgan fingerprint density at radius 3 is 2.19 bits per heavy atom. The van der Waals surface area contributed by atoms with E-state index in [2.05, 4.69) is 4.72 Å². The van der Waals surface area contributed by atoms with Gasteiger partial charge in [0.25, 0.3) is 0 Å². The quantitative estimate of drug-likeness (QED) is 0.664. The average molecular weight is 442 g/mol. The van der Waals surface area contributed by atoms with E-state index in [1.165, 1.54) is 18.2 Å². The molecule has 8 nitrogen and oxygen atoms in total. The highest BCUT2D eigenvalue weighted by atomic mass is 32.2. The molecule has 9 heteroatoms. The second-order valence-corrected chi connectivity index (χ2v) is 9.21. The fraction of sp³-hybridized carbons (Fsp3) is 0.318. The lowest BCUT2D eigenvalue weighted by Crippen LogP contribution is -2.46. The molecule has 0 spiro atoms. The van der Waals surface area contributed by atoms with Crippen molar-refractivity contribution in [2.75, 3.05) is 19.7 Å². The van der Waals surface area contributed by atoms with Crippen molar-refractivity contribution in [1.29, 1.82) is 0 Å². The molecule has 2 aromatic rings. The molecule has 2 aromatic carbocycles. The molecule has 0 atom stereocenters. The first-order valence-electron chi connectivity index (χ1n) is 10.1. The SMILES string of the molecule is CCOC(=O)N1CCC(NS(=O)(=O)c2ccc3c(c2)C(=O)c2ccccc2C3=O)CC1. The minimum atomic E-state index is -3.91. The van der Waals surface area contributed by atoms with Gasteiger partial charge in [-0.05, 0) is 38.0 Å². The normalized spacial score (nSPS) is 16.6. The molecule has 31 heavy (non-hydrogen) atoms. The maximum Gasteiger partial charge on any atom is 0.409 e. The fourth-order valence-electron chi connectivity index (χ4n) is 3.93. The van der Waals surface area contributed by atoms with E-state index in [0.29, 0.717) is 31.5 Å². The Morgan fingerprint density at radius 2 is 1.58 bits per heavy atom. The Kier molecular flexibility index (Phi) is 5.63. The van der Waals surface area contributed by atoms with E-state index in [0.717, 1.165) is 0 Å². The van der Waals surface area contributed by atoms with Crippen LogP contribution in [-0.2, 0) is 14.8 Å². The van der Waals surface area contributed by atoms with Crippen molar-refractivity contribution in [2.45, 2.75) is 30.7 Å². The zero-order valence-corrected chi connectivity index (χ0v) is 17.8. The summed E-state index contributed by atoms with van der Waals surface area (Å²) in [5.74, 6) is -0.668. The summed E-state index contributed by atoms with van der Waals surface area (Å²) in [5, 5.41) is 0. The Balaban J connectivity index is 1.52. The van der Waals surface area contributed by atoms with E-state index in [-0.39, 0.29) is 45.8 Å². The average Bonchev–Trinajstić information content (AvgIpc) is 2.77. The van der Waals surface area contributed by atoms with E-state index < -0.39 is 16.1 Å². The van der Waals surface area contributed by atoms with Crippen molar-refractivity contribution in [1.82, 2.24) is 9.62 Å². The summed E-state index contributed by atoms with van der Waals surface area (Å²) in [6.45, 7) is 2.80. The first-order valence-corrected chi connectivity index (χ1v) is 11.6. The van der Waals surface area contributed by atoms with Gasteiger partial charge in [-0.2, -0.15) is 0 Å². The molecule has 1 saturated heterocycles. The second kappa shape index (κ2) is 8.24. The lowest BCUT2D eigenvalue weighted by atomic mass is 9.84. The van der Waals surface area contributed by atoms with Crippen molar-refractivity contribution in [2.24, 2.45) is 0 Å². The number of ketones is 2. The maximum atomic E-state index is 12.9. The molecular formula is C22H22N2O6S. The molecule has 1 fully saturated rings. The third-order valence-corrected chi connectivity index (χ3v) is 7.07. The molecule has 1 aliphatic heterocycles. The predicted molar refractivity (Wildman–Crippen MR) is 112 cm³/mol. The van der Waals surface area contributed by atoms with Crippen LogP contribution >= 0.6 is 0 Å². The summed E-state index contributed by atoms with van der Waals surface area (Å²) in [4.78, 5) is 38.8. The van der Waals surface area contributed by atoms with Gasteiger partial charge in [0.05, 0.1) is 11.5 Å². The third-order valence-electron chi connectivity index (χ3n) is 5.55. The Morgan fingerprint density at radius 1 is 1.00 bits per heavy atom. The molecule has 0 unspecified atom stereocenters. The number of hydrogen-bond acceptors (Lipinski definition) is 6. The zero-order valence-electron chi connectivity index (χ0n) is 17.0. The van der Waals surface area contributed by atoms with Gasteiger partial charge in [-0.25, -0.2) is 17.9 Å². The van der Waals surface area contributed by atoms with Crippen molar-refractivity contribution in [3.8, 4) is 0 Å². The van der Waals surface area contributed by atoms with Crippen LogP contribution in [0.15, 0.2) is 47.4 Å². The molecule has 1 heterocycles. The number of carbonyl (C=O) groups excluding carboxylic acids is 3. The first kappa shape index (κ1) is 21.2. The predicted octanol–water partition coefficient (Wildman–Crippen LogP) is 2.36. The van der Waals surface area contributed by atoms with Gasteiger partial charge < -0.3 is 9.64 Å². The summed E-state index contributed by atoms with van der Waals surface area (Å²) in [6.07, 6.45) is 0.503. The number of carbonyl (C=O) groups is 3. The molecule has 0 bridgehead atoms. The van der Waals surface area contributed by atoms with Crippen molar-refractivity contribution in [3.63, 3.8) is 0 Å². The summed E-state index contributed by atoms with van der Waals surface area (Å²) >= 11 is 0. The Hall–Kier alpha value is -3.04. The van der Waals surface area contributed by atoms with Crippen LogP contribution in [0.2, 0.25) is 0 Å². The molecule has 1 aliphatic carbocycles. The van der Waals surface area contributed by atoms with Crippen LogP contribution in [0.4, 0.5) is 4.79 Å². The number of sulfonamides is 1. The highest BCUT2D eigenvalue weighted by Crippen LogP contribution is 2.29. The van der Waals surface area contributed by atoms with Crippen LogP contribution in [-0.4, -0.2) is 56.7 Å². The molecular weight excluding hydrogens is 420 g/mol. The van der Waals surface area contributed by atoms with E-state index >= 15 is 0 Å². The number of piperidine rings is 1. The standard InChI is InChI=1S/C22H22N2O6S/c1-2-30-22(27)24-11-9-14(10-12-24)23-31(28,29)15-7-8-18-19(13-15)21(26)17-6-4-3-5-16(17)20(18)25/h3-8,13-14,23H,2,9-12H2,1H3. The van der Waals surface area contributed by atoms with E-state index in [1.54, 1.807) is 36.1 Å². The van der Waals surface area contributed by atoms with Crippen LogP contribution in [0, 0.1) is 0 Å². The number of likely N-dealkylation sites (tertiary alicyclic amines) is 1. The monoisotopic (exact) mass is 442 g/mol. The summed E-state index contributed by atoms with van der Waals surface area (Å²) in [6, 6.07) is 10.2. The summed E-state index contributed by atoms with van der Waals surface area (Å²) < 4.78 is 33.5. The number of hydrogen-bond donors (Lipinski definition) is 1. The smallest absolute Gasteiger partial charge is 0.409 e. The molecule has 0 radical (unpaired) electrons. The molecule has 1 N–H and O–H groups in total. The van der Waals surface area contributed by atoms with Crippen molar-refractivity contribution < 1.29 is 27.5 Å². The molecule has 162 valence electrons. The van der Waals surface area contributed by atoms with Gasteiger partial charge in [0.2, 0.25) is 10.0 Å². The number of nitrogens with zero attached hydrogens (tertiary/aromatic N) is 1. The maximum absolute atomic E-state index is 12.9. The lowest BCUT2D eigenvalue weighted by molar-refractivity contribution is 0.0965. The van der Waals surface area contributed by atoms with Gasteiger partial charge in [-0.3, -0.25) is 9.59 Å². The molecule has 0 aromatic heterocycles. The van der Waals surface area contributed by atoms with E-state index in [1.807, 2.05) is 0 Å². The number of nitrogens with one attached hydrogen (secondary N) is 1. The van der Waals surface area contributed by atoms with Crippen LogP contribution in [0.3, 0.4) is 0 Å². The summed E-state index contributed by atoms with van der Waals surface area (Å²) in [7, 11) is -3.91. The van der Waals surface area contributed by atoms with Gasteiger partial charge in [-0.15, -0.1) is 0 Å². The van der Waals surface area contributed by atoms with Crippen LogP contribution < -0.4 is 4.72 Å². The van der Waals surface area contributed by atoms with Gasteiger partial charge in [0, 0.05) is 41.4 Å². The number of amides is 1. The number of benzene rings is 2. The largest absolute Gasteiger partial charge is 0.450 e. The number of fused-ring (bicyclic) bond motifs is 2. The van der Waals surface area contributed by atoms with Crippen LogP contribution in [0.5, 0.6) is 0 Å². The van der Waals surface area contributed by atoms with Crippen molar-refractivity contribution in [3.05, 3.63) is 64.7 Å². The molecule has 0 saturated carbocycles. The van der Waals surface area contributed by atoms with E-state index in [4.69, 9.17) is 4.74 Å². The number of rotatable bonds is 4. The highest BCUT2D eigenvalue weighted by Gasteiger charge is 2.32. The third kappa shape index (κ3) is 3.98. The Bertz CT molecular complexity index is 1170. The van der Waals surface area contributed by atoms with Crippen LogP contribution in [0.25, 0.3) is 0 Å². The minimum Gasteiger partial charge on any atom is -0.450 e. The van der Waals surface area contributed by atoms with Gasteiger partial charge in [0.15, 0.2) is 11.6 Å². The number of ether oxygens (including phenoxy) is 1. The zero-order chi connectivity index (χ0) is 22.2. The fourth-order valence-corrected chi connectivity index (χ4v) is 5.26. The molecule has 4 rings (SSSR count). The van der Waals surface area contributed by atoms with Gasteiger partial charge >= 0.3 is 6.09 Å². The Labute approximate surface area is 180 Å². The summed E-state index contributed by atoms with van der Waals surface area (Å²) in [5.41, 5.74) is 0.880.